The quantitative estimate of drug-likeness (QED) is 0.736. The third-order valence-electron chi connectivity index (χ3n) is 4.93. The van der Waals surface area contributed by atoms with Crippen LogP contribution in [0.5, 0.6) is 0 Å². The summed E-state index contributed by atoms with van der Waals surface area (Å²) >= 11 is 0. The van der Waals surface area contributed by atoms with Crippen molar-refractivity contribution in [3.8, 4) is 0 Å². The first kappa shape index (κ1) is 20.1. The van der Waals surface area contributed by atoms with Gasteiger partial charge in [-0.25, -0.2) is 13.2 Å². The second-order valence-corrected chi connectivity index (χ2v) is 9.20. The van der Waals surface area contributed by atoms with Gasteiger partial charge in [0.2, 0.25) is 0 Å². The average molecular weight is 401 g/mol. The number of ether oxygens (including phenoxy) is 1. The molecular weight excluding hydrogens is 378 g/mol. The van der Waals surface area contributed by atoms with Crippen molar-refractivity contribution in [3.05, 3.63) is 59.2 Å². The van der Waals surface area contributed by atoms with E-state index in [9.17, 15) is 18.0 Å². The number of carbonyl (C=O) groups is 2. The van der Waals surface area contributed by atoms with Gasteiger partial charge in [0.05, 0.1) is 10.5 Å². The van der Waals surface area contributed by atoms with Gasteiger partial charge in [-0.1, -0.05) is 24.3 Å². The summed E-state index contributed by atoms with van der Waals surface area (Å²) < 4.78 is 28.9. The van der Waals surface area contributed by atoms with Crippen molar-refractivity contribution < 1.29 is 22.7 Å². The van der Waals surface area contributed by atoms with Crippen molar-refractivity contribution in [2.75, 3.05) is 11.2 Å². The normalized spacial score (nSPS) is 17.1. The van der Waals surface area contributed by atoms with Crippen molar-refractivity contribution in [1.82, 2.24) is 0 Å². The fourth-order valence-electron chi connectivity index (χ4n) is 3.42. The zero-order valence-corrected chi connectivity index (χ0v) is 17.1. The molecule has 0 unspecified atom stereocenters. The van der Waals surface area contributed by atoms with Gasteiger partial charge in [0.15, 0.2) is 15.9 Å². The van der Waals surface area contributed by atoms with E-state index in [1.807, 2.05) is 31.2 Å². The SMILES string of the molecule is Cc1ccc(S(C)(=O)=O)cc1C(=O)O[C@H](C)C(=O)N1c2ccccc2C[C@@H]1C. The Hall–Kier alpha value is -2.67. The Morgan fingerprint density at radius 3 is 2.54 bits per heavy atom. The van der Waals surface area contributed by atoms with Gasteiger partial charge >= 0.3 is 5.97 Å². The van der Waals surface area contributed by atoms with Crippen LogP contribution < -0.4 is 4.90 Å². The molecule has 1 amide bonds. The molecule has 0 bridgehead atoms. The number of aryl methyl sites for hydroxylation is 1. The minimum absolute atomic E-state index is 0.0265. The Labute approximate surface area is 165 Å². The second-order valence-electron chi connectivity index (χ2n) is 7.19. The van der Waals surface area contributed by atoms with Crippen LogP contribution in [-0.4, -0.2) is 38.7 Å². The van der Waals surface area contributed by atoms with Crippen molar-refractivity contribution in [2.45, 2.75) is 44.2 Å². The Kier molecular flexibility index (Phi) is 5.30. The number of nitrogens with zero attached hydrogens (tertiary/aromatic N) is 1. The van der Waals surface area contributed by atoms with E-state index in [-0.39, 0.29) is 22.4 Å². The Bertz CT molecular complexity index is 1040. The standard InChI is InChI=1S/C21H23NO5S/c1-13-9-10-17(28(4,25)26)12-18(13)21(24)27-15(3)20(23)22-14(2)11-16-7-5-6-8-19(16)22/h5-10,12,14-15H,11H2,1-4H3/t14-,15+/m0/s1. The summed E-state index contributed by atoms with van der Waals surface area (Å²) in [5.74, 6) is -1.02. The number of hydrogen-bond donors (Lipinski definition) is 0. The van der Waals surface area contributed by atoms with E-state index >= 15 is 0 Å². The summed E-state index contributed by atoms with van der Waals surface area (Å²) in [6.45, 7) is 5.17. The summed E-state index contributed by atoms with van der Waals surface area (Å²) in [5, 5.41) is 0. The number of esters is 1. The number of amides is 1. The lowest BCUT2D eigenvalue weighted by Gasteiger charge is -2.26. The van der Waals surface area contributed by atoms with Crippen molar-refractivity contribution in [2.24, 2.45) is 0 Å². The molecule has 2 aromatic carbocycles. The summed E-state index contributed by atoms with van der Waals surface area (Å²) in [6.07, 6.45) is 0.825. The topological polar surface area (TPSA) is 80.7 Å². The van der Waals surface area contributed by atoms with E-state index in [4.69, 9.17) is 4.74 Å². The van der Waals surface area contributed by atoms with Crippen molar-refractivity contribution in [3.63, 3.8) is 0 Å². The van der Waals surface area contributed by atoms with Crippen molar-refractivity contribution >= 4 is 27.4 Å². The molecule has 7 heteroatoms. The predicted molar refractivity (Wildman–Crippen MR) is 106 cm³/mol. The highest BCUT2D eigenvalue weighted by Crippen LogP contribution is 2.32. The first-order valence-electron chi connectivity index (χ1n) is 9.02. The molecule has 0 saturated carbocycles. The molecule has 0 saturated heterocycles. The van der Waals surface area contributed by atoms with E-state index in [1.54, 1.807) is 17.9 Å². The number of hydrogen-bond acceptors (Lipinski definition) is 5. The molecule has 0 radical (unpaired) electrons. The number of rotatable bonds is 4. The van der Waals surface area contributed by atoms with E-state index in [2.05, 4.69) is 0 Å². The first-order valence-corrected chi connectivity index (χ1v) is 10.9. The maximum Gasteiger partial charge on any atom is 0.339 e. The van der Waals surface area contributed by atoms with Gasteiger partial charge in [0, 0.05) is 18.0 Å². The maximum atomic E-state index is 12.9. The number of sulfone groups is 1. The van der Waals surface area contributed by atoms with E-state index in [1.165, 1.54) is 19.1 Å². The highest BCUT2D eigenvalue weighted by Gasteiger charge is 2.34. The Balaban J connectivity index is 1.81. The molecule has 0 aromatic heterocycles. The van der Waals surface area contributed by atoms with Gasteiger partial charge in [-0.2, -0.15) is 0 Å². The summed E-state index contributed by atoms with van der Waals surface area (Å²) in [6, 6.07) is 11.9. The lowest BCUT2D eigenvalue weighted by molar-refractivity contribution is -0.126. The molecule has 148 valence electrons. The molecule has 2 atom stereocenters. The average Bonchev–Trinajstić information content (AvgIpc) is 2.95. The lowest BCUT2D eigenvalue weighted by Crippen LogP contribution is -2.43. The lowest BCUT2D eigenvalue weighted by atomic mass is 10.1. The molecule has 1 aliphatic heterocycles. The van der Waals surface area contributed by atoms with Crippen LogP contribution in [0.15, 0.2) is 47.4 Å². The fraction of sp³-hybridized carbons (Fsp3) is 0.333. The highest BCUT2D eigenvalue weighted by atomic mass is 32.2. The number of para-hydroxylation sites is 1. The third kappa shape index (κ3) is 3.80. The minimum Gasteiger partial charge on any atom is -0.449 e. The van der Waals surface area contributed by atoms with Crippen LogP contribution in [0, 0.1) is 6.92 Å². The predicted octanol–water partition coefficient (Wildman–Crippen LogP) is 2.92. The van der Waals surface area contributed by atoms with Crippen LogP contribution in [0.4, 0.5) is 5.69 Å². The Morgan fingerprint density at radius 1 is 1.18 bits per heavy atom. The van der Waals surface area contributed by atoms with E-state index in [0.717, 1.165) is 23.9 Å². The molecule has 1 aliphatic rings. The molecule has 1 heterocycles. The number of fused-ring (bicyclic) bond motifs is 1. The fourth-order valence-corrected chi connectivity index (χ4v) is 4.07. The molecule has 0 N–H and O–H groups in total. The van der Waals surface area contributed by atoms with Gasteiger partial charge < -0.3 is 9.64 Å². The molecule has 6 nitrogen and oxygen atoms in total. The van der Waals surface area contributed by atoms with Gasteiger partial charge in [-0.05, 0) is 56.5 Å². The molecule has 3 rings (SSSR count). The van der Waals surface area contributed by atoms with Gasteiger partial charge in [-0.15, -0.1) is 0 Å². The largest absolute Gasteiger partial charge is 0.449 e. The number of benzene rings is 2. The number of carbonyl (C=O) groups excluding carboxylic acids is 2. The second kappa shape index (κ2) is 7.39. The van der Waals surface area contributed by atoms with Crippen LogP contribution in [0.1, 0.15) is 35.3 Å². The van der Waals surface area contributed by atoms with E-state index in [0.29, 0.717) is 5.56 Å². The minimum atomic E-state index is -3.46. The molecule has 0 fully saturated rings. The summed E-state index contributed by atoms with van der Waals surface area (Å²) in [5.41, 5.74) is 2.63. The molecule has 0 aliphatic carbocycles. The van der Waals surface area contributed by atoms with Crippen molar-refractivity contribution in [1.29, 1.82) is 0 Å². The molecule has 28 heavy (non-hydrogen) atoms. The summed E-state index contributed by atoms with van der Waals surface area (Å²) in [4.78, 5) is 27.3. The monoisotopic (exact) mass is 401 g/mol. The molecule has 0 spiro atoms. The Morgan fingerprint density at radius 2 is 1.86 bits per heavy atom. The first-order chi connectivity index (χ1) is 13.1. The van der Waals surface area contributed by atoms with Gasteiger partial charge in [0.1, 0.15) is 0 Å². The van der Waals surface area contributed by atoms with E-state index < -0.39 is 21.9 Å². The summed E-state index contributed by atoms with van der Waals surface area (Å²) in [7, 11) is -3.46. The highest BCUT2D eigenvalue weighted by molar-refractivity contribution is 7.90. The zero-order chi connectivity index (χ0) is 20.6. The van der Waals surface area contributed by atoms with Gasteiger partial charge in [-0.3, -0.25) is 4.79 Å². The van der Waals surface area contributed by atoms with Crippen LogP contribution in [0.3, 0.4) is 0 Å². The van der Waals surface area contributed by atoms with Crippen LogP contribution >= 0.6 is 0 Å². The van der Waals surface area contributed by atoms with Crippen LogP contribution in [0.25, 0.3) is 0 Å². The van der Waals surface area contributed by atoms with Crippen LogP contribution in [0.2, 0.25) is 0 Å². The molecule has 2 aromatic rings. The maximum absolute atomic E-state index is 12.9. The number of anilines is 1. The van der Waals surface area contributed by atoms with Gasteiger partial charge in [0.25, 0.3) is 5.91 Å². The van der Waals surface area contributed by atoms with Crippen LogP contribution in [-0.2, 0) is 25.8 Å². The molecular formula is C21H23NO5S. The smallest absolute Gasteiger partial charge is 0.339 e. The zero-order valence-electron chi connectivity index (χ0n) is 16.3. The third-order valence-corrected chi connectivity index (χ3v) is 6.04.